The normalized spacial score (nSPS) is 20.9. The standard InChI is InChI=1S/C18H22N4O2/c1-11-4-5-12(2)14(6-11)16-9-22(13(3)10-24-16)17-8-20-15(7-21-17)18(19)23/h4-8,13,16H,9-10H2,1-3H3,(H2,19,23). The molecule has 0 aliphatic carbocycles. The van der Waals surface area contributed by atoms with Crippen LogP contribution in [0.15, 0.2) is 30.6 Å². The number of amides is 1. The van der Waals surface area contributed by atoms with E-state index in [1.807, 2.05) is 0 Å². The highest BCUT2D eigenvalue weighted by Crippen LogP contribution is 2.30. The Morgan fingerprint density at radius 1 is 1.29 bits per heavy atom. The van der Waals surface area contributed by atoms with Crippen LogP contribution >= 0.6 is 0 Å². The summed E-state index contributed by atoms with van der Waals surface area (Å²) in [6, 6.07) is 6.59. The van der Waals surface area contributed by atoms with Gasteiger partial charge in [0.2, 0.25) is 0 Å². The number of carbonyl (C=O) groups is 1. The maximum Gasteiger partial charge on any atom is 0.268 e. The minimum atomic E-state index is -0.572. The van der Waals surface area contributed by atoms with Crippen LogP contribution < -0.4 is 10.6 Å². The van der Waals surface area contributed by atoms with Crippen LogP contribution in [-0.2, 0) is 4.74 Å². The molecule has 0 bridgehead atoms. The Hall–Kier alpha value is -2.47. The Kier molecular flexibility index (Phi) is 4.49. The van der Waals surface area contributed by atoms with Crippen LogP contribution in [0.25, 0.3) is 0 Å². The quantitative estimate of drug-likeness (QED) is 0.935. The average molecular weight is 326 g/mol. The third-order valence-corrected chi connectivity index (χ3v) is 4.40. The summed E-state index contributed by atoms with van der Waals surface area (Å²) in [5.41, 5.74) is 9.03. The van der Waals surface area contributed by atoms with Crippen molar-refractivity contribution in [3.63, 3.8) is 0 Å². The van der Waals surface area contributed by atoms with Crippen LogP contribution in [0.5, 0.6) is 0 Å². The number of carbonyl (C=O) groups excluding carboxylic acids is 1. The number of primary amides is 1. The number of nitrogens with zero attached hydrogens (tertiary/aromatic N) is 3. The van der Waals surface area contributed by atoms with Gasteiger partial charge in [0.1, 0.15) is 17.6 Å². The summed E-state index contributed by atoms with van der Waals surface area (Å²) in [5.74, 6) is 0.156. The number of nitrogens with two attached hydrogens (primary N) is 1. The van der Waals surface area contributed by atoms with Gasteiger partial charge in [-0.15, -0.1) is 0 Å². The van der Waals surface area contributed by atoms with E-state index in [2.05, 4.69) is 53.8 Å². The summed E-state index contributed by atoms with van der Waals surface area (Å²) in [4.78, 5) is 21.8. The van der Waals surface area contributed by atoms with Gasteiger partial charge in [-0.25, -0.2) is 9.97 Å². The molecule has 6 heteroatoms. The van der Waals surface area contributed by atoms with Crippen LogP contribution in [-0.4, -0.2) is 35.1 Å². The third-order valence-electron chi connectivity index (χ3n) is 4.40. The fourth-order valence-corrected chi connectivity index (χ4v) is 2.97. The monoisotopic (exact) mass is 326 g/mol. The van der Waals surface area contributed by atoms with E-state index < -0.39 is 5.91 Å². The molecule has 24 heavy (non-hydrogen) atoms. The molecule has 1 saturated heterocycles. The molecule has 1 fully saturated rings. The zero-order chi connectivity index (χ0) is 17.3. The number of morpholine rings is 1. The van der Waals surface area contributed by atoms with Gasteiger partial charge in [0.05, 0.1) is 31.6 Å². The molecule has 2 N–H and O–H groups in total. The van der Waals surface area contributed by atoms with Gasteiger partial charge in [-0.05, 0) is 31.9 Å². The van der Waals surface area contributed by atoms with Crippen molar-refractivity contribution in [3.8, 4) is 0 Å². The maximum absolute atomic E-state index is 11.1. The van der Waals surface area contributed by atoms with Crippen molar-refractivity contribution >= 4 is 11.7 Å². The largest absolute Gasteiger partial charge is 0.370 e. The topological polar surface area (TPSA) is 81.3 Å². The fraction of sp³-hybridized carbons (Fsp3) is 0.389. The first kappa shape index (κ1) is 16.4. The summed E-state index contributed by atoms with van der Waals surface area (Å²) in [5, 5.41) is 0. The van der Waals surface area contributed by atoms with Crippen molar-refractivity contribution in [2.24, 2.45) is 5.73 Å². The highest BCUT2D eigenvalue weighted by Gasteiger charge is 2.29. The first-order valence-corrected chi connectivity index (χ1v) is 8.03. The van der Waals surface area contributed by atoms with Crippen LogP contribution in [0.1, 0.15) is 40.2 Å². The Bertz CT molecular complexity index is 745. The van der Waals surface area contributed by atoms with Gasteiger partial charge in [0.25, 0.3) is 5.91 Å². The molecule has 2 aromatic rings. The van der Waals surface area contributed by atoms with Gasteiger partial charge in [-0.3, -0.25) is 4.79 Å². The molecule has 0 spiro atoms. The molecule has 0 saturated carbocycles. The molecule has 6 nitrogen and oxygen atoms in total. The van der Waals surface area contributed by atoms with Gasteiger partial charge >= 0.3 is 0 Å². The Morgan fingerprint density at radius 3 is 2.75 bits per heavy atom. The van der Waals surface area contributed by atoms with Crippen molar-refractivity contribution < 1.29 is 9.53 Å². The van der Waals surface area contributed by atoms with E-state index in [0.29, 0.717) is 13.2 Å². The smallest absolute Gasteiger partial charge is 0.268 e. The predicted octanol–water partition coefficient (Wildman–Crippen LogP) is 2.16. The van der Waals surface area contributed by atoms with E-state index in [1.165, 1.54) is 22.9 Å². The molecule has 126 valence electrons. The van der Waals surface area contributed by atoms with E-state index in [9.17, 15) is 4.79 Å². The first-order chi connectivity index (χ1) is 11.5. The second-order valence-corrected chi connectivity index (χ2v) is 6.31. The molecule has 1 aromatic carbocycles. The zero-order valence-corrected chi connectivity index (χ0v) is 14.2. The molecule has 1 aliphatic heterocycles. The number of aromatic nitrogens is 2. The molecule has 2 heterocycles. The molecule has 3 rings (SSSR count). The number of rotatable bonds is 3. The van der Waals surface area contributed by atoms with Crippen LogP contribution in [0.4, 0.5) is 5.82 Å². The molecular weight excluding hydrogens is 304 g/mol. The van der Waals surface area contributed by atoms with Gasteiger partial charge in [-0.2, -0.15) is 0 Å². The predicted molar refractivity (Wildman–Crippen MR) is 92.0 cm³/mol. The highest BCUT2D eigenvalue weighted by atomic mass is 16.5. The van der Waals surface area contributed by atoms with Crippen LogP contribution in [0, 0.1) is 13.8 Å². The lowest BCUT2D eigenvalue weighted by Gasteiger charge is -2.39. The second kappa shape index (κ2) is 6.57. The fourth-order valence-electron chi connectivity index (χ4n) is 2.97. The molecule has 1 amide bonds. The Labute approximate surface area is 141 Å². The molecule has 2 atom stereocenters. The lowest BCUT2D eigenvalue weighted by atomic mass is 9.99. The summed E-state index contributed by atoms with van der Waals surface area (Å²) in [7, 11) is 0. The van der Waals surface area contributed by atoms with E-state index in [1.54, 1.807) is 6.20 Å². The van der Waals surface area contributed by atoms with Crippen molar-refractivity contribution in [2.75, 3.05) is 18.1 Å². The molecule has 1 aliphatic rings. The number of benzene rings is 1. The SMILES string of the molecule is Cc1ccc(C)c(C2CN(c3cnc(C(N)=O)cn3)C(C)CO2)c1. The van der Waals surface area contributed by atoms with Gasteiger partial charge < -0.3 is 15.4 Å². The van der Waals surface area contributed by atoms with Gasteiger partial charge in [-0.1, -0.05) is 23.8 Å². The number of hydrogen-bond donors (Lipinski definition) is 1. The van der Waals surface area contributed by atoms with E-state index >= 15 is 0 Å². The summed E-state index contributed by atoms with van der Waals surface area (Å²) >= 11 is 0. The lowest BCUT2D eigenvalue weighted by molar-refractivity contribution is 0.0208. The number of ether oxygens (including phenoxy) is 1. The zero-order valence-electron chi connectivity index (χ0n) is 14.2. The van der Waals surface area contributed by atoms with Crippen LogP contribution in [0.3, 0.4) is 0 Å². The minimum absolute atomic E-state index is 0.0151. The minimum Gasteiger partial charge on any atom is -0.370 e. The maximum atomic E-state index is 11.1. The number of aryl methyl sites for hydroxylation is 2. The highest BCUT2D eigenvalue weighted by molar-refractivity contribution is 5.90. The van der Waals surface area contributed by atoms with E-state index in [-0.39, 0.29) is 17.8 Å². The Morgan fingerprint density at radius 2 is 2.08 bits per heavy atom. The molecule has 1 aromatic heterocycles. The van der Waals surface area contributed by atoms with E-state index in [0.717, 1.165) is 5.82 Å². The van der Waals surface area contributed by atoms with Crippen molar-refractivity contribution in [2.45, 2.75) is 32.9 Å². The number of anilines is 1. The second-order valence-electron chi connectivity index (χ2n) is 6.31. The number of hydrogen-bond acceptors (Lipinski definition) is 5. The van der Waals surface area contributed by atoms with Crippen molar-refractivity contribution in [1.82, 2.24) is 9.97 Å². The summed E-state index contributed by atoms with van der Waals surface area (Å²) in [6.45, 7) is 7.57. The third kappa shape index (κ3) is 3.23. The van der Waals surface area contributed by atoms with E-state index in [4.69, 9.17) is 10.5 Å². The first-order valence-electron chi connectivity index (χ1n) is 8.03. The van der Waals surface area contributed by atoms with Gasteiger partial charge in [0, 0.05) is 0 Å². The Balaban J connectivity index is 1.85. The molecule has 2 unspecified atom stereocenters. The lowest BCUT2D eigenvalue weighted by Crippen LogP contribution is -2.45. The summed E-state index contributed by atoms with van der Waals surface area (Å²) < 4.78 is 6.06. The molecular formula is C18H22N4O2. The summed E-state index contributed by atoms with van der Waals surface area (Å²) in [6.07, 6.45) is 3.01. The van der Waals surface area contributed by atoms with Crippen molar-refractivity contribution in [1.29, 1.82) is 0 Å². The molecule has 0 radical (unpaired) electrons. The van der Waals surface area contributed by atoms with Gasteiger partial charge in [0.15, 0.2) is 0 Å². The average Bonchev–Trinajstić information content (AvgIpc) is 2.58. The van der Waals surface area contributed by atoms with Crippen LogP contribution in [0.2, 0.25) is 0 Å². The van der Waals surface area contributed by atoms with Crippen molar-refractivity contribution in [3.05, 3.63) is 53.0 Å².